The fraction of sp³-hybridized carbons (Fsp3) is 0.435. The Labute approximate surface area is 198 Å². The average molecular weight is 486 g/mol. The number of likely N-dealkylation sites (tertiary alicyclic amines) is 1. The molecule has 1 N–H and O–H groups in total. The number of carbonyl (C=O) groups excluding carboxylic acids is 1. The van der Waals surface area contributed by atoms with Crippen LogP contribution in [0.1, 0.15) is 37.3 Å². The van der Waals surface area contributed by atoms with Crippen molar-refractivity contribution in [1.29, 1.82) is 0 Å². The molecule has 1 amide bonds. The Morgan fingerprint density at radius 3 is 2.65 bits per heavy atom. The highest BCUT2D eigenvalue weighted by Crippen LogP contribution is 2.37. The summed E-state index contributed by atoms with van der Waals surface area (Å²) >= 11 is 18.7. The van der Waals surface area contributed by atoms with Crippen molar-refractivity contribution in [3.05, 3.63) is 56.5 Å². The first kappa shape index (κ1) is 24.0. The summed E-state index contributed by atoms with van der Waals surface area (Å²) in [5.41, 5.74) is 1.81. The molecule has 0 bridgehead atoms. The van der Waals surface area contributed by atoms with Crippen LogP contribution >= 0.6 is 34.8 Å². The van der Waals surface area contributed by atoms with Gasteiger partial charge in [0.15, 0.2) is 11.5 Å². The molecule has 0 radical (unpaired) electrons. The SMILES string of the molecule is CCOc1cc(CNCCCN2CCCC2=O)cc(Cl)c1OCc1ccc(Cl)cc1Cl. The summed E-state index contributed by atoms with van der Waals surface area (Å²) in [6.07, 6.45) is 2.58. The molecule has 0 aliphatic carbocycles. The first-order chi connectivity index (χ1) is 15.0. The van der Waals surface area contributed by atoms with E-state index in [2.05, 4.69) is 5.32 Å². The van der Waals surface area contributed by atoms with Crippen LogP contribution in [-0.4, -0.2) is 37.0 Å². The van der Waals surface area contributed by atoms with E-state index in [-0.39, 0.29) is 12.5 Å². The molecule has 1 aliphatic heterocycles. The van der Waals surface area contributed by atoms with Gasteiger partial charge in [-0.1, -0.05) is 40.9 Å². The number of halogens is 3. The molecule has 31 heavy (non-hydrogen) atoms. The van der Waals surface area contributed by atoms with Gasteiger partial charge in [0.25, 0.3) is 0 Å². The van der Waals surface area contributed by atoms with Crippen LogP contribution in [0, 0.1) is 0 Å². The lowest BCUT2D eigenvalue weighted by molar-refractivity contribution is -0.127. The lowest BCUT2D eigenvalue weighted by atomic mass is 10.2. The summed E-state index contributed by atoms with van der Waals surface area (Å²) in [6.45, 7) is 5.82. The van der Waals surface area contributed by atoms with E-state index in [0.29, 0.717) is 46.1 Å². The van der Waals surface area contributed by atoms with Crippen molar-refractivity contribution in [1.82, 2.24) is 10.2 Å². The molecule has 8 heteroatoms. The van der Waals surface area contributed by atoms with Gasteiger partial charge in [-0.3, -0.25) is 4.79 Å². The molecule has 5 nitrogen and oxygen atoms in total. The van der Waals surface area contributed by atoms with E-state index in [1.54, 1.807) is 12.1 Å². The Morgan fingerprint density at radius 2 is 1.94 bits per heavy atom. The number of rotatable bonds is 11. The van der Waals surface area contributed by atoms with Gasteiger partial charge in [-0.15, -0.1) is 0 Å². The van der Waals surface area contributed by atoms with E-state index in [4.69, 9.17) is 44.3 Å². The molecular weight excluding hydrogens is 459 g/mol. The van der Waals surface area contributed by atoms with Crippen molar-refractivity contribution < 1.29 is 14.3 Å². The zero-order chi connectivity index (χ0) is 22.2. The Bertz CT molecular complexity index is 908. The molecule has 1 heterocycles. The molecule has 1 fully saturated rings. The molecule has 3 rings (SSSR count). The normalized spacial score (nSPS) is 13.7. The molecule has 0 unspecified atom stereocenters. The smallest absolute Gasteiger partial charge is 0.222 e. The Hall–Kier alpha value is -1.66. The molecule has 0 saturated carbocycles. The summed E-state index contributed by atoms with van der Waals surface area (Å²) in [6, 6.07) is 9.09. The number of nitrogens with zero attached hydrogens (tertiary/aromatic N) is 1. The van der Waals surface area contributed by atoms with Crippen molar-refractivity contribution in [3.63, 3.8) is 0 Å². The highest BCUT2D eigenvalue weighted by molar-refractivity contribution is 6.35. The summed E-state index contributed by atoms with van der Waals surface area (Å²) in [7, 11) is 0. The van der Waals surface area contributed by atoms with Gasteiger partial charge in [0.1, 0.15) is 6.61 Å². The maximum atomic E-state index is 11.7. The fourth-order valence-electron chi connectivity index (χ4n) is 3.48. The number of nitrogens with one attached hydrogen (secondary N) is 1. The van der Waals surface area contributed by atoms with Crippen molar-refractivity contribution in [2.45, 2.75) is 39.3 Å². The largest absolute Gasteiger partial charge is 0.490 e. The molecule has 2 aromatic carbocycles. The first-order valence-corrected chi connectivity index (χ1v) is 11.6. The third-order valence-corrected chi connectivity index (χ3v) is 5.91. The van der Waals surface area contributed by atoms with Crippen molar-refractivity contribution in [2.75, 3.05) is 26.2 Å². The summed E-state index contributed by atoms with van der Waals surface area (Å²) < 4.78 is 11.7. The van der Waals surface area contributed by atoms with Gasteiger partial charge >= 0.3 is 0 Å². The van der Waals surface area contributed by atoms with Crippen LogP contribution in [0.5, 0.6) is 11.5 Å². The highest BCUT2D eigenvalue weighted by Gasteiger charge is 2.19. The maximum Gasteiger partial charge on any atom is 0.222 e. The van der Waals surface area contributed by atoms with Crippen LogP contribution in [0.25, 0.3) is 0 Å². The minimum absolute atomic E-state index is 0.253. The average Bonchev–Trinajstić information content (AvgIpc) is 3.13. The number of benzene rings is 2. The highest BCUT2D eigenvalue weighted by atomic mass is 35.5. The summed E-state index contributed by atoms with van der Waals surface area (Å²) in [4.78, 5) is 13.6. The van der Waals surface area contributed by atoms with E-state index in [1.165, 1.54) is 0 Å². The molecule has 168 valence electrons. The van der Waals surface area contributed by atoms with Gasteiger partial charge in [0, 0.05) is 41.7 Å². The third-order valence-electron chi connectivity index (χ3n) is 5.04. The second-order valence-corrected chi connectivity index (χ2v) is 8.63. The van der Waals surface area contributed by atoms with Gasteiger partial charge < -0.3 is 19.7 Å². The minimum Gasteiger partial charge on any atom is -0.490 e. The lowest BCUT2D eigenvalue weighted by Gasteiger charge is -2.17. The Morgan fingerprint density at radius 1 is 1.10 bits per heavy atom. The van der Waals surface area contributed by atoms with E-state index < -0.39 is 0 Å². The van der Waals surface area contributed by atoms with Crippen LogP contribution in [0.4, 0.5) is 0 Å². The van der Waals surface area contributed by atoms with Crippen LogP contribution < -0.4 is 14.8 Å². The van der Waals surface area contributed by atoms with Crippen molar-refractivity contribution >= 4 is 40.7 Å². The van der Waals surface area contributed by atoms with Crippen LogP contribution in [0.2, 0.25) is 15.1 Å². The quantitative estimate of drug-likeness (QED) is 0.413. The van der Waals surface area contributed by atoms with E-state index >= 15 is 0 Å². The molecule has 2 aromatic rings. The molecule has 0 atom stereocenters. The monoisotopic (exact) mass is 484 g/mol. The second kappa shape index (κ2) is 11.8. The predicted octanol–water partition coefficient (Wildman–Crippen LogP) is 5.73. The molecule has 1 saturated heterocycles. The van der Waals surface area contributed by atoms with Gasteiger partial charge in [-0.05, 0) is 56.1 Å². The van der Waals surface area contributed by atoms with Gasteiger partial charge in [-0.25, -0.2) is 0 Å². The molecule has 1 aliphatic rings. The zero-order valence-corrected chi connectivity index (χ0v) is 19.8. The third kappa shape index (κ3) is 6.91. The summed E-state index contributed by atoms with van der Waals surface area (Å²) in [5, 5.41) is 5.00. The zero-order valence-electron chi connectivity index (χ0n) is 17.6. The topological polar surface area (TPSA) is 50.8 Å². The lowest BCUT2D eigenvalue weighted by Crippen LogP contribution is -2.28. The fourth-order valence-corrected chi connectivity index (χ4v) is 4.23. The number of ether oxygens (including phenoxy) is 2. The van der Waals surface area contributed by atoms with Crippen LogP contribution in [0.15, 0.2) is 30.3 Å². The second-order valence-electron chi connectivity index (χ2n) is 7.38. The summed E-state index contributed by atoms with van der Waals surface area (Å²) in [5.74, 6) is 1.36. The van der Waals surface area contributed by atoms with E-state index in [1.807, 2.05) is 30.0 Å². The number of carbonyl (C=O) groups is 1. The molecular formula is C23H27Cl3N2O3. The van der Waals surface area contributed by atoms with Crippen LogP contribution in [0.3, 0.4) is 0 Å². The van der Waals surface area contributed by atoms with E-state index in [9.17, 15) is 4.79 Å². The minimum atomic E-state index is 0.253. The van der Waals surface area contributed by atoms with Crippen molar-refractivity contribution in [3.8, 4) is 11.5 Å². The number of hydrogen-bond acceptors (Lipinski definition) is 4. The molecule has 0 aromatic heterocycles. The van der Waals surface area contributed by atoms with Gasteiger partial charge in [-0.2, -0.15) is 0 Å². The maximum absolute atomic E-state index is 11.7. The van der Waals surface area contributed by atoms with Crippen molar-refractivity contribution in [2.24, 2.45) is 0 Å². The molecule has 0 spiro atoms. The standard InChI is InChI=1S/C23H27Cl3N2O3/c1-2-30-21-12-16(14-27-8-4-10-28-9-3-5-22(28)29)11-20(26)23(21)31-15-17-6-7-18(24)13-19(17)25/h6-7,11-13,27H,2-5,8-10,14-15H2,1H3. The predicted molar refractivity (Wildman–Crippen MR) is 126 cm³/mol. The van der Waals surface area contributed by atoms with E-state index in [0.717, 1.165) is 43.6 Å². The van der Waals surface area contributed by atoms with Crippen LogP contribution in [-0.2, 0) is 17.9 Å². The number of amides is 1. The number of hydrogen-bond donors (Lipinski definition) is 1. The first-order valence-electron chi connectivity index (χ1n) is 10.5. The van der Waals surface area contributed by atoms with Gasteiger partial charge in [0.05, 0.1) is 11.6 Å². The van der Waals surface area contributed by atoms with Gasteiger partial charge in [0.2, 0.25) is 5.91 Å². The Kier molecular flexibility index (Phi) is 9.15. The Balaban J connectivity index is 1.56.